The normalized spacial score (nSPS) is 24.9. The van der Waals surface area contributed by atoms with E-state index >= 15 is 0 Å². The van der Waals surface area contributed by atoms with Crippen LogP contribution in [0.4, 0.5) is 4.79 Å². The van der Waals surface area contributed by atoms with Gasteiger partial charge in [-0.3, -0.25) is 4.79 Å². The molecule has 0 aliphatic heterocycles. The fourth-order valence-electron chi connectivity index (χ4n) is 2.13. The first kappa shape index (κ1) is 12.8. The number of nitrogens with zero attached hydrogens (tertiary/aromatic N) is 1. The first-order valence-corrected chi connectivity index (χ1v) is 5.79. The summed E-state index contributed by atoms with van der Waals surface area (Å²) in [6, 6.07) is 0.0217. The minimum Gasteiger partial charge on any atom is -0.465 e. The Bertz CT molecular complexity index is 260. The fraction of sp³-hybridized carbons (Fsp3) is 0.818. The van der Waals surface area contributed by atoms with Gasteiger partial charge in [-0.2, -0.15) is 0 Å². The van der Waals surface area contributed by atoms with Crippen molar-refractivity contribution in [3.8, 4) is 0 Å². The Morgan fingerprint density at radius 2 is 1.88 bits per heavy atom. The molecule has 5 nitrogen and oxygen atoms in total. The van der Waals surface area contributed by atoms with E-state index in [1.807, 2.05) is 14.0 Å². The smallest absolute Gasteiger partial charge is 0.404 e. The minimum atomic E-state index is -0.972. The molecule has 0 unspecified atom stereocenters. The maximum absolute atomic E-state index is 11.8. The van der Waals surface area contributed by atoms with Gasteiger partial charge in [0.1, 0.15) is 0 Å². The third-order valence-electron chi connectivity index (χ3n) is 3.25. The lowest BCUT2D eigenvalue weighted by atomic mass is 9.85. The highest BCUT2D eigenvalue weighted by atomic mass is 16.4. The lowest BCUT2D eigenvalue weighted by Gasteiger charge is -2.30. The van der Waals surface area contributed by atoms with Crippen LogP contribution in [-0.2, 0) is 4.79 Å². The Morgan fingerprint density at radius 3 is 2.31 bits per heavy atom. The largest absolute Gasteiger partial charge is 0.465 e. The van der Waals surface area contributed by atoms with Gasteiger partial charge in [-0.05, 0) is 32.6 Å². The summed E-state index contributed by atoms with van der Waals surface area (Å²) in [7, 11) is 1.81. The Hall–Kier alpha value is -1.26. The number of nitrogens with one attached hydrogen (secondary N) is 1. The monoisotopic (exact) mass is 228 g/mol. The molecule has 0 aromatic rings. The standard InChI is InChI=1S/C11H20N2O3/c1-3-13(2)10(14)8-4-6-9(7-5-8)12-11(15)16/h8-9,12H,3-7H2,1-2H3,(H,15,16)/t8-,9-. The van der Waals surface area contributed by atoms with E-state index in [-0.39, 0.29) is 17.9 Å². The van der Waals surface area contributed by atoms with Gasteiger partial charge in [-0.15, -0.1) is 0 Å². The van der Waals surface area contributed by atoms with Crippen molar-refractivity contribution in [1.29, 1.82) is 0 Å². The van der Waals surface area contributed by atoms with Crippen molar-refractivity contribution in [2.45, 2.75) is 38.6 Å². The molecule has 2 amide bonds. The Balaban J connectivity index is 2.37. The predicted molar refractivity (Wildman–Crippen MR) is 60.2 cm³/mol. The van der Waals surface area contributed by atoms with Gasteiger partial charge in [0.05, 0.1) is 0 Å². The molecule has 0 aromatic heterocycles. The van der Waals surface area contributed by atoms with Crippen LogP contribution in [0, 0.1) is 5.92 Å². The van der Waals surface area contributed by atoms with Crippen molar-refractivity contribution >= 4 is 12.0 Å². The van der Waals surface area contributed by atoms with Gasteiger partial charge in [0.15, 0.2) is 0 Å². The third kappa shape index (κ3) is 3.40. The highest BCUT2D eigenvalue weighted by Crippen LogP contribution is 2.25. The summed E-state index contributed by atoms with van der Waals surface area (Å²) in [5.74, 6) is 0.271. The maximum Gasteiger partial charge on any atom is 0.404 e. The molecule has 1 aliphatic rings. The Morgan fingerprint density at radius 1 is 1.31 bits per heavy atom. The molecule has 0 saturated heterocycles. The molecule has 1 rings (SSSR count). The van der Waals surface area contributed by atoms with E-state index in [9.17, 15) is 9.59 Å². The molecule has 0 aromatic carbocycles. The average Bonchev–Trinajstić information content (AvgIpc) is 2.27. The van der Waals surface area contributed by atoms with Crippen molar-refractivity contribution < 1.29 is 14.7 Å². The van der Waals surface area contributed by atoms with E-state index in [0.29, 0.717) is 0 Å². The number of amides is 2. The Kier molecular flexibility index (Phi) is 4.58. The number of rotatable bonds is 3. The lowest BCUT2D eigenvalue weighted by Crippen LogP contribution is -2.40. The van der Waals surface area contributed by atoms with E-state index in [2.05, 4.69) is 5.32 Å². The molecule has 0 heterocycles. The number of carbonyl (C=O) groups excluding carboxylic acids is 1. The zero-order chi connectivity index (χ0) is 12.1. The van der Waals surface area contributed by atoms with Crippen LogP contribution in [0.15, 0.2) is 0 Å². The van der Waals surface area contributed by atoms with Crippen molar-refractivity contribution in [3.63, 3.8) is 0 Å². The summed E-state index contributed by atoms with van der Waals surface area (Å²) in [6.45, 7) is 2.68. The zero-order valence-electron chi connectivity index (χ0n) is 9.90. The SMILES string of the molecule is CCN(C)C(=O)[C@H]1CC[C@H](NC(=O)O)CC1. The first-order valence-electron chi connectivity index (χ1n) is 5.79. The van der Waals surface area contributed by atoms with Crippen molar-refractivity contribution in [2.75, 3.05) is 13.6 Å². The molecule has 5 heteroatoms. The highest BCUT2D eigenvalue weighted by molar-refractivity contribution is 5.78. The van der Waals surface area contributed by atoms with Crippen LogP contribution in [0.25, 0.3) is 0 Å². The summed E-state index contributed by atoms with van der Waals surface area (Å²) in [4.78, 5) is 24.0. The van der Waals surface area contributed by atoms with Gasteiger partial charge < -0.3 is 15.3 Å². The summed E-state index contributed by atoms with van der Waals surface area (Å²) in [5, 5.41) is 11.1. The van der Waals surface area contributed by atoms with Crippen LogP contribution >= 0.6 is 0 Å². The first-order chi connectivity index (χ1) is 7.54. The van der Waals surface area contributed by atoms with E-state index in [1.165, 1.54) is 0 Å². The highest BCUT2D eigenvalue weighted by Gasteiger charge is 2.28. The average molecular weight is 228 g/mol. The van der Waals surface area contributed by atoms with E-state index in [1.54, 1.807) is 4.90 Å². The number of carboxylic acid groups (broad SMARTS) is 1. The number of hydrogen-bond acceptors (Lipinski definition) is 2. The van der Waals surface area contributed by atoms with Crippen molar-refractivity contribution in [3.05, 3.63) is 0 Å². The van der Waals surface area contributed by atoms with Crippen molar-refractivity contribution in [2.24, 2.45) is 5.92 Å². The second-order valence-electron chi connectivity index (χ2n) is 4.35. The molecule has 1 fully saturated rings. The van der Waals surface area contributed by atoms with Gasteiger partial charge >= 0.3 is 6.09 Å². The summed E-state index contributed by atoms with van der Waals surface area (Å²) in [5.41, 5.74) is 0. The van der Waals surface area contributed by atoms with E-state index < -0.39 is 6.09 Å². The van der Waals surface area contributed by atoms with Crippen molar-refractivity contribution in [1.82, 2.24) is 10.2 Å². The lowest BCUT2D eigenvalue weighted by molar-refractivity contribution is -0.135. The molecule has 0 bridgehead atoms. The van der Waals surface area contributed by atoms with Gasteiger partial charge in [-0.25, -0.2) is 4.79 Å². The van der Waals surface area contributed by atoms with Gasteiger partial charge in [0.25, 0.3) is 0 Å². The molecule has 92 valence electrons. The van der Waals surface area contributed by atoms with Crippen LogP contribution < -0.4 is 5.32 Å². The molecule has 0 radical (unpaired) electrons. The van der Waals surface area contributed by atoms with Crippen LogP contribution in [0.3, 0.4) is 0 Å². The zero-order valence-corrected chi connectivity index (χ0v) is 9.90. The fourth-order valence-corrected chi connectivity index (χ4v) is 2.13. The quantitative estimate of drug-likeness (QED) is 0.764. The summed E-state index contributed by atoms with van der Waals surface area (Å²) < 4.78 is 0. The molecule has 2 N–H and O–H groups in total. The maximum atomic E-state index is 11.8. The number of carbonyl (C=O) groups is 2. The molecule has 1 aliphatic carbocycles. The van der Waals surface area contributed by atoms with Gasteiger partial charge in [-0.1, -0.05) is 0 Å². The molecular weight excluding hydrogens is 208 g/mol. The van der Waals surface area contributed by atoms with Crippen LogP contribution in [0.2, 0.25) is 0 Å². The second-order valence-corrected chi connectivity index (χ2v) is 4.35. The predicted octanol–water partition coefficient (Wildman–Crippen LogP) is 1.29. The third-order valence-corrected chi connectivity index (χ3v) is 3.25. The molecular formula is C11H20N2O3. The molecule has 0 spiro atoms. The summed E-state index contributed by atoms with van der Waals surface area (Å²) in [6.07, 6.45) is 2.13. The van der Waals surface area contributed by atoms with Crippen LogP contribution in [0.1, 0.15) is 32.6 Å². The van der Waals surface area contributed by atoms with Gasteiger partial charge in [0.2, 0.25) is 5.91 Å². The van der Waals surface area contributed by atoms with Crippen LogP contribution in [0.5, 0.6) is 0 Å². The summed E-state index contributed by atoms with van der Waals surface area (Å²) >= 11 is 0. The molecule has 0 atom stereocenters. The van der Waals surface area contributed by atoms with E-state index in [4.69, 9.17) is 5.11 Å². The Labute approximate surface area is 95.8 Å². The van der Waals surface area contributed by atoms with Gasteiger partial charge in [0, 0.05) is 25.6 Å². The van der Waals surface area contributed by atoms with Crippen LogP contribution in [-0.4, -0.2) is 41.6 Å². The topological polar surface area (TPSA) is 69.6 Å². The second kappa shape index (κ2) is 5.72. The minimum absolute atomic E-state index is 0.0217. The van der Waals surface area contributed by atoms with E-state index in [0.717, 1.165) is 32.2 Å². The molecule has 16 heavy (non-hydrogen) atoms. The molecule has 1 saturated carbocycles. The number of hydrogen-bond donors (Lipinski definition) is 2.